The van der Waals surface area contributed by atoms with Crippen LogP contribution in [0.3, 0.4) is 0 Å². The number of carbonyl (C=O) groups is 2. The Balaban J connectivity index is 1.72. The highest BCUT2D eigenvalue weighted by Gasteiger charge is 2.42. The molecule has 39 heavy (non-hydrogen) atoms. The molecule has 4 aromatic rings. The third-order valence-electron chi connectivity index (χ3n) is 6.05. The molecule has 12 heteroatoms. The summed E-state index contributed by atoms with van der Waals surface area (Å²) in [7, 11) is 0. The Labute approximate surface area is 234 Å². The summed E-state index contributed by atoms with van der Waals surface area (Å²) < 4.78 is 45.5. The van der Waals surface area contributed by atoms with Gasteiger partial charge in [-0.2, -0.15) is 13.2 Å². The van der Waals surface area contributed by atoms with Crippen molar-refractivity contribution in [1.29, 1.82) is 0 Å². The van der Waals surface area contributed by atoms with Crippen LogP contribution in [0, 0.1) is 0 Å². The van der Waals surface area contributed by atoms with E-state index in [9.17, 15) is 22.8 Å². The molecule has 1 unspecified atom stereocenters. The van der Waals surface area contributed by atoms with Gasteiger partial charge in [0.25, 0.3) is 0 Å². The lowest BCUT2D eigenvalue weighted by molar-refractivity contribution is -0.167. The summed E-state index contributed by atoms with van der Waals surface area (Å²) in [6.45, 7) is 0. The quantitative estimate of drug-likeness (QED) is 0.239. The fourth-order valence-corrected chi connectivity index (χ4v) is 4.87. The molecule has 0 fully saturated rings. The van der Waals surface area contributed by atoms with E-state index in [1.165, 1.54) is 30.6 Å². The Hall–Kier alpha value is -3.66. The summed E-state index contributed by atoms with van der Waals surface area (Å²) in [5.74, 6) is -4.24. The van der Waals surface area contributed by atoms with E-state index in [2.05, 4.69) is 9.98 Å². The number of anilines is 1. The lowest BCUT2D eigenvalue weighted by atomic mass is 9.83. The first kappa shape index (κ1) is 26.9. The number of carbonyl (C=O) groups excluding carboxylic acids is 2. The standard InChI is InChI=1S/C27H15Cl3F3N3O3/c28-15-5-3-13(4-6-15)18-11-19-22(36-26(38)27(31,32)33)24(23(37)14-2-1-9-34-12-14)39-25(19)35-21(18)17-8-7-16(29)10-20(17)30/h1-10,12,18H,11H2,(H,36,38). The topological polar surface area (TPSA) is 84.6 Å². The molecule has 0 aliphatic carbocycles. The molecule has 198 valence electrons. The highest BCUT2D eigenvalue weighted by Crippen LogP contribution is 2.45. The molecule has 1 amide bonds. The minimum absolute atomic E-state index is 0.0199. The molecule has 1 aliphatic rings. The van der Waals surface area contributed by atoms with E-state index < -0.39 is 35.2 Å². The average molecular weight is 593 g/mol. The van der Waals surface area contributed by atoms with Gasteiger partial charge < -0.3 is 9.73 Å². The summed E-state index contributed by atoms with van der Waals surface area (Å²) in [6, 6.07) is 14.5. The third-order valence-corrected chi connectivity index (χ3v) is 6.85. The van der Waals surface area contributed by atoms with Crippen LogP contribution in [-0.2, 0) is 11.2 Å². The molecule has 5 rings (SSSR count). The smallest absolute Gasteiger partial charge is 0.432 e. The first-order chi connectivity index (χ1) is 18.5. The minimum Gasteiger partial charge on any atom is -0.432 e. The fraction of sp³-hybridized carbons (Fsp3) is 0.111. The summed E-state index contributed by atoms with van der Waals surface area (Å²) >= 11 is 18.6. The van der Waals surface area contributed by atoms with E-state index in [0.717, 1.165) is 0 Å². The first-order valence-corrected chi connectivity index (χ1v) is 12.4. The molecular weight excluding hydrogens is 578 g/mol. The maximum Gasteiger partial charge on any atom is 0.471 e. The zero-order chi connectivity index (χ0) is 27.9. The maximum atomic E-state index is 13.3. The maximum absolute atomic E-state index is 13.3. The molecule has 2 aromatic carbocycles. The molecule has 1 aliphatic heterocycles. The average Bonchev–Trinajstić information content (AvgIpc) is 3.25. The van der Waals surface area contributed by atoms with Crippen molar-refractivity contribution in [3.8, 4) is 0 Å². The number of hydrogen-bond donors (Lipinski definition) is 1. The molecule has 0 saturated carbocycles. The van der Waals surface area contributed by atoms with Gasteiger partial charge in [-0.15, -0.1) is 0 Å². The molecule has 1 atom stereocenters. The van der Waals surface area contributed by atoms with E-state index in [4.69, 9.17) is 39.2 Å². The summed E-state index contributed by atoms with van der Waals surface area (Å²) in [4.78, 5) is 33.8. The summed E-state index contributed by atoms with van der Waals surface area (Å²) in [5, 5.41) is 2.98. The molecule has 0 radical (unpaired) electrons. The first-order valence-electron chi connectivity index (χ1n) is 11.3. The van der Waals surface area contributed by atoms with Gasteiger partial charge in [-0.1, -0.05) is 53.0 Å². The number of alkyl halides is 3. The number of amides is 1. The number of aromatic nitrogens is 1. The lowest BCUT2D eigenvalue weighted by Crippen LogP contribution is -2.31. The van der Waals surface area contributed by atoms with Crippen molar-refractivity contribution in [3.05, 3.63) is 110 Å². The Bertz CT molecular complexity index is 1620. The number of pyridine rings is 1. The van der Waals surface area contributed by atoms with Crippen molar-refractivity contribution < 1.29 is 27.2 Å². The van der Waals surface area contributed by atoms with Gasteiger partial charge in [-0.25, -0.2) is 4.99 Å². The number of fused-ring (bicyclic) bond motifs is 1. The zero-order valence-corrected chi connectivity index (χ0v) is 21.8. The number of benzene rings is 2. The number of hydrogen-bond acceptors (Lipinski definition) is 5. The number of nitrogens with one attached hydrogen (secondary N) is 1. The van der Waals surface area contributed by atoms with Gasteiger partial charge in [-0.05, 0) is 48.4 Å². The largest absolute Gasteiger partial charge is 0.471 e. The Kier molecular flexibility index (Phi) is 7.24. The Morgan fingerprint density at radius 1 is 1.00 bits per heavy atom. The lowest BCUT2D eigenvalue weighted by Gasteiger charge is -2.25. The normalized spacial score (nSPS) is 14.9. The highest BCUT2D eigenvalue weighted by molar-refractivity contribution is 6.37. The zero-order valence-electron chi connectivity index (χ0n) is 19.5. The van der Waals surface area contributed by atoms with Gasteiger partial charge in [0.05, 0.1) is 16.4 Å². The van der Waals surface area contributed by atoms with Crippen molar-refractivity contribution in [2.75, 3.05) is 5.32 Å². The van der Waals surface area contributed by atoms with Gasteiger partial charge >= 0.3 is 12.1 Å². The second-order valence-electron chi connectivity index (χ2n) is 8.54. The predicted molar refractivity (Wildman–Crippen MR) is 142 cm³/mol. The number of nitrogens with zero attached hydrogens (tertiary/aromatic N) is 2. The molecule has 0 saturated heterocycles. The molecule has 1 N–H and O–H groups in total. The van der Waals surface area contributed by atoms with E-state index in [1.807, 2.05) is 5.32 Å². The molecule has 2 aromatic heterocycles. The van der Waals surface area contributed by atoms with E-state index >= 15 is 0 Å². The van der Waals surface area contributed by atoms with Crippen molar-refractivity contribution in [3.63, 3.8) is 0 Å². The number of ketones is 1. The second kappa shape index (κ2) is 10.5. The van der Waals surface area contributed by atoms with Crippen LogP contribution in [0.1, 0.15) is 38.7 Å². The molecule has 0 bridgehead atoms. The SMILES string of the molecule is O=C(c1cccnc1)c1oc2c(c1NC(=O)C(F)(F)F)CC(c1ccc(Cl)cc1)C(c1ccc(Cl)cc1Cl)=N2. The Morgan fingerprint density at radius 2 is 1.72 bits per heavy atom. The fourth-order valence-electron chi connectivity index (χ4n) is 4.24. The van der Waals surface area contributed by atoms with Crippen molar-refractivity contribution in [1.82, 2.24) is 4.98 Å². The monoisotopic (exact) mass is 591 g/mol. The van der Waals surface area contributed by atoms with Crippen molar-refractivity contribution in [2.24, 2.45) is 4.99 Å². The van der Waals surface area contributed by atoms with Crippen molar-refractivity contribution in [2.45, 2.75) is 18.5 Å². The molecule has 6 nitrogen and oxygen atoms in total. The number of rotatable bonds is 5. The van der Waals surface area contributed by atoms with Crippen LogP contribution in [0.4, 0.5) is 24.7 Å². The van der Waals surface area contributed by atoms with Gasteiger partial charge in [-0.3, -0.25) is 14.6 Å². The van der Waals surface area contributed by atoms with Crippen LogP contribution in [0.2, 0.25) is 15.1 Å². The highest BCUT2D eigenvalue weighted by atomic mass is 35.5. The number of furan rings is 1. The Morgan fingerprint density at radius 3 is 2.36 bits per heavy atom. The van der Waals surface area contributed by atoms with Crippen LogP contribution < -0.4 is 5.32 Å². The summed E-state index contributed by atoms with van der Waals surface area (Å²) in [6.07, 6.45) is -2.53. The van der Waals surface area contributed by atoms with Crippen LogP contribution >= 0.6 is 34.8 Å². The van der Waals surface area contributed by atoms with Gasteiger partial charge in [0.2, 0.25) is 17.4 Å². The molecule has 3 heterocycles. The van der Waals surface area contributed by atoms with E-state index in [-0.39, 0.29) is 28.5 Å². The summed E-state index contributed by atoms with van der Waals surface area (Å²) in [5.41, 5.74) is 1.40. The van der Waals surface area contributed by atoms with E-state index in [0.29, 0.717) is 26.9 Å². The van der Waals surface area contributed by atoms with Crippen LogP contribution in [0.5, 0.6) is 0 Å². The molecular formula is C27H15Cl3F3N3O3. The number of halogens is 6. The van der Waals surface area contributed by atoms with Crippen LogP contribution in [0.15, 0.2) is 76.4 Å². The predicted octanol–water partition coefficient (Wildman–Crippen LogP) is 7.83. The molecule has 0 spiro atoms. The van der Waals surface area contributed by atoms with Gasteiger partial charge in [0.15, 0.2) is 0 Å². The van der Waals surface area contributed by atoms with E-state index in [1.54, 1.807) is 36.4 Å². The minimum atomic E-state index is -5.21. The van der Waals surface area contributed by atoms with Gasteiger partial charge in [0, 0.05) is 45.0 Å². The van der Waals surface area contributed by atoms with Crippen LogP contribution in [0.25, 0.3) is 0 Å². The van der Waals surface area contributed by atoms with Crippen LogP contribution in [-0.4, -0.2) is 28.6 Å². The second-order valence-corrected chi connectivity index (χ2v) is 9.82. The van der Waals surface area contributed by atoms with Crippen molar-refractivity contribution >= 4 is 63.8 Å². The number of aliphatic imine (C=N–C) groups is 1. The third kappa shape index (κ3) is 5.43. The van der Waals surface area contributed by atoms with Gasteiger partial charge in [0.1, 0.15) is 0 Å².